The SMILES string of the molecule is Cc1ccnc(Nc2cc(NCCNS(=O)(=O)c3cc(C)ccc3C)ncn2)c1. The molecule has 3 rings (SSSR count). The van der Waals surface area contributed by atoms with Crippen molar-refractivity contribution in [2.24, 2.45) is 0 Å². The zero-order valence-electron chi connectivity index (χ0n) is 16.6. The van der Waals surface area contributed by atoms with Gasteiger partial charge in [0.1, 0.15) is 23.8 Å². The van der Waals surface area contributed by atoms with Crippen LogP contribution in [0.3, 0.4) is 0 Å². The maximum Gasteiger partial charge on any atom is 0.240 e. The summed E-state index contributed by atoms with van der Waals surface area (Å²) >= 11 is 0. The smallest absolute Gasteiger partial charge is 0.240 e. The van der Waals surface area contributed by atoms with E-state index in [0.29, 0.717) is 34.5 Å². The summed E-state index contributed by atoms with van der Waals surface area (Å²) in [6, 6.07) is 10.9. The van der Waals surface area contributed by atoms with E-state index in [9.17, 15) is 8.42 Å². The lowest BCUT2D eigenvalue weighted by Crippen LogP contribution is -2.29. The van der Waals surface area contributed by atoms with Crippen LogP contribution < -0.4 is 15.4 Å². The molecule has 0 saturated carbocycles. The third kappa shape index (κ3) is 5.72. The number of nitrogens with zero attached hydrogens (tertiary/aromatic N) is 3. The molecule has 2 heterocycles. The van der Waals surface area contributed by atoms with E-state index in [1.165, 1.54) is 6.33 Å². The van der Waals surface area contributed by atoms with Crippen LogP contribution in [-0.4, -0.2) is 36.5 Å². The number of rotatable bonds is 8. The van der Waals surface area contributed by atoms with Crippen molar-refractivity contribution >= 4 is 27.5 Å². The summed E-state index contributed by atoms with van der Waals surface area (Å²) < 4.78 is 27.7. The molecule has 152 valence electrons. The Bertz CT molecular complexity index is 1100. The van der Waals surface area contributed by atoms with E-state index in [1.54, 1.807) is 31.3 Å². The predicted molar refractivity (Wildman–Crippen MR) is 114 cm³/mol. The molecule has 0 aliphatic heterocycles. The lowest BCUT2D eigenvalue weighted by atomic mass is 10.2. The second-order valence-corrected chi connectivity index (χ2v) is 8.46. The van der Waals surface area contributed by atoms with Gasteiger partial charge in [-0.3, -0.25) is 0 Å². The molecule has 0 radical (unpaired) electrons. The molecule has 3 aromatic rings. The van der Waals surface area contributed by atoms with Gasteiger partial charge in [-0.2, -0.15) is 0 Å². The molecule has 1 aromatic carbocycles. The zero-order valence-corrected chi connectivity index (χ0v) is 17.4. The maximum absolute atomic E-state index is 12.5. The van der Waals surface area contributed by atoms with Crippen LogP contribution >= 0.6 is 0 Å². The van der Waals surface area contributed by atoms with Crippen LogP contribution in [0, 0.1) is 20.8 Å². The van der Waals surface area contributed by atoms with E-state index < -0.39 is 10.0 Å². The summed E-state index contributed by atoms with van der Waals surface area (Å²) in [5, 5.41) is 6.21. The first-order valence-electron chi connectivity index (χ1n) is 9.16. The quantitative estimate of drug-likeness (QED) is 0.488. The normalized spacial score (nSPS) is 11.3. The average molecular weight is 413 g/mol. The van der Waals surface area contributed by atoms with Gasteiger partial charge in [0.15, 0.2) is 0 Å². The number of aryl methyl sites for hydroxylation is 3. The monoisotopic (exact) mass is 412 g/mol. The molecule has 0 spiro atoms. The van der Waals surface area contributed by atoms with Gasteiger partial charge in [-0.05, 0) is 55.7 Å². The van der Waals surface area contributed by atoms with Gasteiger partial charge in [0.2, 0.25) is 10.0 Å². The Morgan fingerprint density at radius 1 is 0.828 bits per heavy atom. The van der Waals surface area contributed by atoms with Gasteiger partial charge in [-0.25, -0.2) is 28.1 Å². The highest BCUT2D eigenvalue weighted by molar-refractivity contribution is 7.89. The minimum atomic E-state index is -3.56. The van der Waals surface area contributed by atoms with Crippen molar-refractivity contribution in [3.05, 3.63) is 65.6 Å². The standard InChI is InChI=1S/C20H24N6O2S/c1-14-4-5-16(3)17(10-14)29(27,28)25-9-8-22-18-12-20(24-13-23-18)26-19-11-15(2)6-7-21-19/h4-7,10-13,25H,8-9H2,1-3H3,(H2,21,22,23,24,26). The van der Waals surface area contributed by atoms with E-state index >= 15 is 0 Å². The summed E-state index contributed by atoms with van der Waals surface area (Å²) in [5.74, 6) is 1.87. The number of sulfonamides is 1. The minimum Gasteiger partial charge on any atom is -0.369 e. The van der Waals surface area contributed by atoms with E-state index in [4.69, 9.17) is 0 Å². The second kappa shape index (κ2) is 8.97. The minimum absolute atomic E-state index is 0.224. The van der Waals surface area contributed by atoms with Crippen molar-refractivity contribution in [1.82, 2.24) is 19.7 Å². The first-order chi connectivity index (χ1) is 13.8. The number of benzene rings is 1. The number of pyridine rings is 1. The molecule has 8 nitrogen and oxygen atoms in total. The number of nitrogens with one attached hydrogen (secondary N) is 3. The summed E-state index contributed by atoms with van der Waals surface area (Å²) in [6.45, 7) is 6.24. The Hall–Kier alpha value is -3.04. The third-order valence-corrected chi connectivity index (χ3v) is 5.80. The Balaban J connectivity index is 1.56. The first-order valence-corrected chi connectivity index (χ1v) is 10.6. The van der Waals surface area contributed by atoms with Crippen molar-refractivity contribution in [3.8, 4) is 0 Å². The number of hydrogen-bond donors (Lipinski definition) is 3. The van der Waals surface area contributed by atoms with E-state index in [-0.39, 0.29) is 6.54 Å². The molecular weight excluding hydrogens is 388 g/mol. The number of anilines is 3. The topological polar surface area (TPSA) is 109 Å². The Kier molecular flexibility index (Phi) is 6.40. The molecule has 0 saturated heterocycles. The predicted octanol–water partition coefficient (Wildman–Crippen LogP) is 2.93. The van der Waals surface area contributed by atoms with Crippen LogP contribution in [0.5, 0.6) is 0 Å². The highest BCUT2D eigenvalue weighted by atomic mass is 32.2. The van der Waals surface area contributed by atoms with Crippen molar-refractivity contribution in [2.75, 3.05) is 23.7 Å². The Labute approximate surface area is 170 Å². The van der Waals surface area contributed by atoms with Crippen LogP contribution in [0.25, 0.3) is 0 Å². The largest absolute Gasteiger partial charge is 0.369 e. The van der Waals surface area contributed by atoms with Crippen LogP contribution in [0.2, 0.25) is 0 Å². The van der Waals surface area contributed by atoms with Crippen LogP contribution in [0.1, 0.15) is 16.7 Å². The summed E-state index contributed by atoms with van der Waals surface area (Å²) in [7, 11) is -3.56. The van der Waals surface area contributed by atoms with Crippen LogP contribution in [0.15, 0.2) is 53.8 Å². The number of hydrogen-bond acceptors (Lipinski definition) is 7. The Morgan fingerprint density at radius 3 is 2.34 bits per heavy atom. The van der Waals surface area contributed by atoms with Crippen LogP contribution in [-0.2, 0) is 10.0 Å². The molecule has 0 bridgehead atoms. The van der Waals surface area contributed by atoms with Crippen molar-refractivity contribution in [1.29, 1.82) is 0 Å². The van der Waals surface area contributed by atoms with Crippen molar-refractivity contribution in [3.63, 3.8) is 0 Å². The van der Waals surface area contributed by atoms with E-state index in [1.807, 2.05) is 32.0 Å². The molecule has 3 N–H and O–H groups in total. The zero-order chi connectivity index (χ0) is 20.9. The lowest BCUT2D eigenvalue weighted by molar-refractivity contribution is 0.582. The van der Waals surface area contributed by atoms with Crippen molar-refractivity contribution < 1.29 is 8.42 Å². The molecule has 0 amide bonds. The second-order valence-electron chi connectivity index (χ2n) is 6.73. The average Bonchev–Trinajstić information content (AvgIpc) is 2.67. The number of aromatic nitrogens is 3. The van der Waals surface area contributed by atoms with E-state index in [0.717, 1.165) is 11.1 Å². The molecule has 9 heteroatoms. The van der Waals surface area contributed by atoms with Crippen LogP contribution in [0.4, 0.5) is 17.5 Å². The fourth-order valence-corrected chi connectivity index (χ4v) is 4.07. The molecular formula is C20H24N6O2S. The fraction of sp³-hybridized carbons (Fsp3) is 0.250. The summed E-state index contributed by atoms with van der Waals surface area (Å²) in [6.07, 6.45) is 3.15. The first kappa shape index (κ1) is 20.7. The molecule has 2 aromatic heterocycles. The highest BCUT2D eigenvalue weighted by Crippen LogP contribution is 2.17. The molecule has 0 unspecified atom stereocenters. The van der Waals surface area contributed by atoms with Gasteiger partial charge in [0.05, 0.1) is 4.90 Å². The van der Waals surface area contributed by atoms with Gasteiger partial charge in [-0.15, -0.1) is 0 Å². The lowest BCUT2D eigenvalue weighted by Gasteiger charge is -2.11. The van der Waals surface area contributed by atoms with Crippen molar-refractivity contribution in [2.45, 2.75) is 25.7 Å². The highest BCUT2D eigenvalue weighted by Gasteiger charge is 2.16. The maximum atomic E-state index is 12.5. The Morgan fingerprint density at radius 2 is 1.55 bits per heavy atom. The van der Waals surface area contributed by atoms with Gasteiger partial charge in [0, 0.05) is 25.4 Å². The molecule has 0 fully saturated rings. The van der Waals surface area contributed by atoms with E-state index in [2.05, 4.69) is 30.3 Å². The summed E-state index contributed by atoms with van der Waals surface area (Å²) in [5.41, 5.74) is 2.71. The molecule has 0 aliphatic rings. The third-order valence-electron chi connectivity index (χ3n) is 4.20. The molecule has 29 heavy (non-hydrogen) atoms. The van der Waals surface area contributed by atoms with Gasteiger partial charge < -0.3 is 10.6 Å². The molecule has 0 atom stereocenters. The van der Waals surface area contributed by atoms with Gasteiger partial charge >= 0.3 is 0 Å². The molecule has 0 aliphatic carbocycles. The fourth-order valence-electron chi connectivity index (χ4n) is 2.71. The summed E-state index contributed by atoms with van der Waals surface area (Å²) in [4.78, 5) is 12.9. The van der Waals surface area contributed by atoms with Gasteiger partial charge in [0.25, 0.3) is 0 Å². The van der Waals surface area contributed by atoms with Gasteiger partial charge in [-0.1, -0.05) is 12.1 Å².